The first-order valence-corrected chi connectivity index (χ1v) is 8.48. The molecule has 3 rings (SSSR count). The molecule has 0 bridgehead atoms. The van der Waals surface area contributed by atoms with Gasteiger partial charge in [-0.15, -0.1) is 0 Å². The van der Waals surface area contributed by atoms with Gasteiger partial charge in [-0.3, -0.25) is 0 Å². The summed E-state index contributed by atoms with van der Waals surface area (Å²) in [5, 5.41) is 0.758. The molecule has 0 spiro atoms. The molecule has 1 unspecified atom stereocenters. The lowest BCUT2D eigenvalue weighted by molar-refractivity contribution is 0.201. The predicted octanol–water partition coefficient (Wildman–Crippen LogP) is 2.52. The molecule has 1 aliphatic heterocycles. The van der Waals surface area contributed by atoms with Crippen molar-refractivity contribution in [3.63, 3.8) is 0 Å². The smallest absolute Gasteiger partial charge is 0.262 e. The number of benzene rings is 1. The minimum Gasteiger partial charge on any atom is -0.337 e. The highest BCUT2D eigenvalue weighted by atomic mass is 35.5. The van der Waals surface area contributed by atoms with Crippen LogP contribution in [0.1, 0.15) is 23.9 Å². The van der Waals surface area contributed by atoms with E-state index in [-0.39, 0.29) is 11.1 Å². The molecule has 0 saturated carbocycles. The Hall–Kier alpha value is -1.37. The van der Waals surface area contributed by atoms with Crippen molar-refractivity contribution in [1.82, 2.24) is 13.9 Å². The highest BCUT2D eigenvalue weighted by Gasteiger charge is 2.40. The quantitative estimate of drug-likeness (QED) is 0.871. The third-order valence-electron chi connectivity index (χ3n) is 3.88. The molecule has 2 heterocycles. The first kappa shape index (κ1) is 14.6. The molecular formula is C14H16ClN3O2S. The van der Waals surface area contributed by atoms with Crippen molar-refractivity contribution in [3.8, 4) is 0 Å². The molecule has 0 amide bonds. The SMILES string of the molecule is Cc1nc(S(=O)(=O)N2CCC2c2ccc(Cl)cc2)cn1C. The summed E-state index contributed by atoms with van der Waals surface area (Å²) in [4.78, 5) is 4.14. The van der Waals surface area contributed by atoms with Crippen LogP contribution in [-0.4, -0.2) is 28.8 Å². The number of sulfonamides is 1. The molecule has 1 saturated heterocycles. The average molecular weight is 326 g/mol. The van der Waals surface area contributed by atoms with E-state index in [2.05, 4.69) is 4.98 Å². The van der Waals surface area contributed by atoms with E-state index in [9.17, 15) is 8.42 Å². The van der Waals surface area contributed by atoms with Crippen LogP contribution in [0.5, 0.6) is 0 Å². The van der Waals surface area contributed by atoms with Gasteiger partial charge >= 0.3 is 0 Å². The normalized spacial score (nSPS) is 19.5. The predicted molar refractivity (Wildman–Crippen MR) is 80.6 cm³/mol. The maximum absolute atomic E-state index is 12.7. The fourth-order valence-corrected chi connectivity index (χ4v) is 4.25. The van der Waals surface area contributed by atoms with Crippen LogP contribution >= 0.6 is 11.6 Å². The van der Waals surface area contributed by atoms with Crippen molar-refractivity contribution in [2.75, 3.05) is 6.54 Å². The summed E-state index contributed by atoms with van der Waals surface area (Å²) in [6.45, 7) is 2.30. The average Bonchev–Trinajstić information content (AvgIpc) is 2.71. The summed E-state index contributed by atoms with van der Waals surface area (Å²) < 4.78 is 28.5. The van der Waals surface area contributed by atoms with Crippen molar-refractivity contribution in [2.45, 2.75) is 24.4 Å². The monoisotopic (exact) mass is 325 g/mol. The Kier molecular flexibility index (Phi) is 3.55. The lowest BCUT2D eigenvalue weighted by Gasteiger charge is -2.39. The van der Waals surface area contributed by atoms with Gasteiger partial charge < -0.3 is 4.57 Å². The Morgan fingerprint density at radius 3 is 2.43 bits per heavy atom. The highest BCUT2D eigenvalue weighted by Crippen LogP contribution is 2.38. The zero-order valence-corrected chi connectivity index (χ0v) is 13.4. The number of nitrogens with zero attached hydrogens (tertiary/aromatic N) is 3. The fourth-order valence-electron chi connectivity index (χ4n) is 2.44. The Labute approximate surface area is 129 Å². The van der Waals surface area contributed by atoms with Gasteiger partial charge in [-0.05, 0) is 31.0 Å². The Morgan fingerprint density at radius 2 is 1.95 bits per heavy atom. The molecule has 7 heteroatoms. The third-order valence-corrected chi connectivity index (χ3v) is 5.92. The maximum atomic E-state index is 12.7. The van der Waals surface area contributed by atoms with Gasteiger partial charge in [0.2, 0.25) is 0 Å². The Balaban J connectivity index is 1.91. The van der Waals surface area contributed by atoms with E-state index in [1.54, 1.807) is 36.9 Å². The summed E-state index contributed by atoms with van der Waals surface area (Å²) in [5.74, 6) is 0.678. The topological polar surface area (TPSA) is 55.2 Å². The second-order valence-electron chi connectivity index (χ2n) is 5.21. The van der Waals surface area contributed by atoms with E-state index in [1.807, 2.05) is 12.1 Å². The van der Waals surface area contributed by atoms with Gasteiger partial charge in [0, 0.05) is 24.8 Å². The molecule has 1 aromatic heterocycles. The lowest BCUT2D eigenvalue weighted by Crippen LogP contribution is -2.45. The van der Waals surface area contributed by atoms with Gasteiger partial charge in [-0.2, -0.15) is 4.31 Å². The van der Waals surface area contributed by atoms with Gasteiger partial charge in [0.15, 0.2) is 5.03 Å². The molecule has 21 heavy (non-hydrogen) atoms. The minimum atomic E-state index is -3.54. The summed E-state index contributed by atoms with van der Waals surface area (Å²) in [6.07, 6.45) is 2.37. The number of halogens is 1. The summed E-state index contributed by atoms with van der Waals surface area (Å²) in [6, 6.07) is 7.18. The van der Waals surface area contributed by atoms with E-state index in [1.165, 1.54) is 4.31 Å². The molecule has 1 aliphatic rings. The van der Waals surface area contributed by atoms with Gasteiger partial charge in [0.25, 0.3) is 10.0 Å². The molecule has 5 nitrogen and oxygen atoms in total. The van der Waals surface area contributed by atoms with Crippen LogP contribution in [-0.2, 0) is 17.1 Å². The van der Waals surface area contributed by atoms with E-state index in [4.69, 9.17) is 11.6 Å². The van der Waals surface area contributed by atoms with E-state index in [0.717, 1.165) is 12.0 Å². The second-order valence-corrected chi connectivity index (χ2v) is 7.48. The summed E-state index contributed by atoms with van der Waals surface area (Å²) in [7, 11) is -1.76. The second kappa shape index (κ2) is 5.12. The molecule has 0 radical (unpaired) electrons. The zero-order valence-electron chi connectivity index (χ0n) is 11.8. The molecule has 0 aliphatic carbocycles. The summed E-state index contributed by atoms with van der Waals surface area (Å²) in [5.41, 5.74) is 0.960. The van der Waals surface area contributed by atoms with E-state index < -0.39 is 10.0 Å². The van der Waals surface area contributed by atoms with Gasteiger partial charge in [-0.25, -0.2) is 13.4 Å². The number of aromatic nitrogens is 2. The van der Waals surface area contributed by atoms with Gasteiger partial charge in [0.05, 0.1) is 6.04 Å². The standard InChI is InChI=1S/C14H16ClN3O2S/c1-10-16-14(9-17(10)2)21(19,20)18-8-7-13(18)11-3-5-12(15)6-4-11/h3-6,9,13H,7-8H2,1-2H3. The van der Waals surface area contributed by atoms with Crippen LogP contribution in [0, 0.1) is 6.92 Å². The Morgan fingerprint density at radius 1 is 1.29 bits per heavy atom. The molecule has 1 aromatic carbocycles. The minimum absolute atomic E-state index is 0.112. The van der Waals surface area contributed by atoms with Crippen molar-refractivity contribution >= 4 is 21.6 Å². The van der Waals surface area contributed by atoms with Gasteiger partial charge in [-0.1, -0.05) is 23.7 Å². The summed E-state index contributed by atoms with van der Waals surface area (Å²) >= 11 is 5.88. The molecule has 2 aromatic rings. The van der Waals surface area contributed by atoms with Crippen molar-refractivity contribution in [2.24, 2.45) is 7.05 Å². The van der Waals surface area contributed by atoms with Crippen LogP contribution in [0.3, 0.4) is 0 Å². The molecule has 1 atom stereocenters. The third kappa shape index (κ3) is 2.47. The van der Waals surface area contributed by atoms with Crippen LogP contribution in [0.25, 0.3) is 0 Å². The largest absolute Gasteiger partial charge is 0.337 e. The van der Waals surface area contributed by atoms with Crippen molar-refractivity contribution < 1.29 is 8.42 Å². The zero-order chi connectivity index (χ0) is 15.2. The fraction of sp³-hybridized carbons (Fsp3) is 0.357. The Bertz CT molecular complexity index is 749. The number of aryl methyl sites for hydroxylation is 2. The van der Waals surface area contributed by atoms with E-state index in [0.29, 0.717) is 17.4 Å². The first-order valence-electron chi connectivity index (χ1n) is 6.67. The number of hydrogen-bond acceptors (Lipinski definition) is 3. The van der Waals surface area contributed by atoms with Crippen LogP contribution in [0.4, 0.5) is 0 Å². The molecule has 1 fully saturated rings. The van der Waals surface area contributed by atoms with Crippen LogP contribution in [0.15, 0.2) is 35.5 Å². The number of hydrogen-bond donors (Lipinski definition) is 0. The van der Waals surface area contributed by atoms with Crippen LogP contribution < -0.4 is 0 Å². The van der Waals surface area contributed by atoms with Gasteiger partial charge in [0.1, 0.15) is 5.82 Å². The molecule has 0 N–H and O–H groups in total. The first-order chi connectivity index (χ1) is 9.89. The molecule has 112 valence electrons. The van der Waals surface area contributed by atoms with Crippen molar-refractivity contribution in [1.29, 1.82) is 0 Å². The maximum Gasteiger partial charge on any atom is 0.262 e. The van der Waals surface area contributed by atoms with Crippen molar-refractivity contribution in [3.05, 3.63) is 46.9 Å². The van der Waals surface area contributed by atoms with E-state index >= 15 is 0 Å². The number of rotatable bonds is 3. The number of imidazole rings is 1. The molecular weight excluding hydrogens is 310 g/mol. The highest BCUT2D eigenvalue weighted by molar-refractivity contribution is 7.89. The van der Waals surface area contributed by atoms with Crippen LogP contribution in [0.2, 0.25) is 5.02 Å². The lowest BCUT2D eigenvalue weighted by atomic mass is 9.98.